The van der Waals surface area contributed by atoms with Gasteiger partial charge in [-0.1, -0.05) is 20.8 Å². The van der Waals surface area contributed by atoms with Crippen LogP contribution in [0.5, 0.6) is 0 Å². The Bertz CT molecular complexity index is 349. The van der Waals surface area contributed by atoms with E-state index < -0.39 is 0 Å². The SMILES string of the molecule is CCNCCNC(=O)c1csc(CC(C)C)n1. The van der Waals surface area contributed by atoms with Gasteiger partial charge in [-0.2, -0.15) is 0 Å². The lowest BCUT2D eigenvalue weighted by molar-refractivity contribution is 0.0949. The van der Waals surface area contributed by atoms with E-state index in [9.17, 15) is 4.79 Å². The molecule has 1 amide bonds. The molecule has 17 heavy (non-hydrogen) atoms. The van der Waals surface area contributed by atoms with Gasteiger partial charge in [0.1, 0.15) is 5.69 Å². The fourth-order valence-corrected chi connectivity index (χ4v) is 2.38. The molecule has 96 valence electrons. The smallest absolute Gasteiger partial charge is 0.270 e. The predicted octanol–water partition coefficient (Wildman–Crippen LogP) is 1.68. The van der Waals surface area contributed by atoms with Gasteiger partial charge in [-0.3, -0.25) is 4.79 Å². The molecule has 0 aliphatic carbocycles. The van der Waals surface area contributed by atoms with E-state index >= 15 is 0 Å². The van der Waals surface area contributed by atoms with Crippen molar-refractivity contribution in [3.05, 3.63) is 16.1 Å². The Kier molecular flexibility index (Phi) is 6.15. The Morgan fingerprint density at radius 2 is 2.24 bits per heavy atom. The molecule has 1 heterocycles. The first-order chi connectivity index (χ1) is 8.13. The van der Waals surface area contributed by atoms with Gasteiger partial charge in [-0.05, 0) is 12.5 Å². The van der Waals surface area contributed by atoms with Gasteiger partial charge in [-0.25, -0.2) is 4.98 Å². The zero-order chi connectivity index (χ0) is 12.7. The van der Waals surface area contributed by atoms with Gasteiger partial charge in [0, 0.05) is 24.9 Å². The standard InChI is InChI=1S/C12H21N3OS/c1-4-13-5-6-14-12(16)10-8-17-11(15-10)7-9(2)3/h8-9,13H,4-7H2,1-3H3,(H,14,16). The Morgan fingerprint density at radius 1 is 1.47 bits per heavy atom. The zero-order valence-electron chi connectivity index (χ0n) is 10.7. The van der Waals surface area contributed by atoms with Crippen LogP contribution in [0.2, 0.25) is 0 Å². The van der Waals surface area contributed by atoms with Crippen LogP contribution in [0.25, 0.3) is 0 Å². The Hall–Kier alpha value is -0.940. The van der Waals surface area contributed by atoms with Crippen molar-refractivity contribution in [3.8, 4) is 0 Å². The van der Waals surface area contributed by atoms with Crippen LogP contribution in [0.3, 0.4) is 0 Å². The Balaban J connectivity index is 2.38. The van der Waals surface area contributed by atoms with Crippen molar-refractivity contribution in [2.24, 2.45) is 5.92 Å². The number of carbonyl (C=O) groups excluding carboxylic acids is 1. The summed E-state index contributed by atoms with van der Waals surface area (Å²) in [6, 6.07) is 0. The number of hydrogen-bond acceptors (Lipinski definition) is 4. The first-order valence-electron chi connectivity index (χ1n) is 6.06. The van der Waals surface area contributed by atoms with E-state index in [-0.39, 0.29) is 5.91 Å². The number of aromatic nitrogens is 1. The second-order valence-corrected chi connectivity index (χ2v) is 5.28. The number of amides is 1. The van der Waals surface area contributed by atoms with Crippen LogP contribution in [0.4, 0.5) is 0 Å². The van der Waals surface area contributed by atoms with E-state index in [0.717, 1.165) is 24.5 Å². The van der Waals surface area contributed by atoms with Crippen molar-refractivity contribution in [2.45, 2.75) is 27.2 Å². The van der Waals surface area contributed by atoms with Crippen LogP contribution >= 0.6 is 11.3 Å². The summed E-state index contributed by atoms with van der Waals surface area (Å²) < 4.78 is 0. The van der Waals surface area contributed by atoms with Crippen molar-refractivity contribution in [2.75, 3.05) is 19.6 Å². The predicted molar refractivity (Wildman–Crippen MR) is 71.5 cm³/mol. The van der Waals surface area contributed by atoms with Crippen molar-refractivity contribution in [1.29, 1.82) is 0 Å². The minimum atomic E-state index is -0.0749. The van der Waals surface area contributed by atoms with Gasteiger partial charge in [0.2, 0.25) is 0 Å². The normalized spacial score (nSPS) is 10.8. The molecule has 0 saturated carbocycles. The fourth-order valence-electron chi connectivity index (χ4n) is 1.39. The molecular weight excluding hydrogens is 234 g/mol. The van der Waals surface area contributed by atoms with E-state index in [2.05, 4.69) is 29.5 Å². The molecule has 0 unspecified atom stereocenters. The lowest BCUT2D eigenvalue weighted by Gasteiger charge is -2.03. The van der Waals surface area contributed by atoms with E-state index in [0.29, 0.717) is 18.2 Å². The van der Waals surface area contributed by atoms with E-state index in [4.69, 9.17) is 0 Å². The minimum absolute atomic E-state index is 0.0749. The molecule has 1 aromatic heterocycles. The van der Waals surface area contributed by atoms with Gasteiger partial charge in [0.05, 0.1) is 5.01 Å². The van der Waals surface area contributed by atoms with Crippen LogP contribution in [0.15, 0.2) is 5.38 Å². The number of likely N-dealkylation sites (N-methyl/N-ethyl adjacent to an activating group) is 1. The molecule has 0 atom stereocenters. The van der Waals surface area contributed by atoms with Gasteiger partial charge in [-0.15, -0.1) is 11.3 Å². The molecule has 4 nitrogen and oxygen atoms in total. The average molecular weight is 255 g/mol. The van der Waals surface area contributed by atoms with Crippen molar-refractivity contribution >= 4 is 17.2 Å². The number of nitrogens with zero attached hydrogens (tertiary/aromatic N) is 1. The summed E-state index contributed by atoms with van der Waals surface area (Å²) in [5, 5.41) is 8.87. The van der Waals surface area contributed by atoms with Crippen LogP contribution < -0.4 is 10.6 Å². The third-order valence-electron chi connectivity index (χ3n) is 2.20. The molecule has 0 fully saturated rings. The lowest BCUT2D eigenvalue weighted by Crippen LogP contribution is -2.31. The Labute approximate surface area is 107 Å². The van der Waals surface area contributed by atoms with Gasteiger partial charge < -0.3 is 10.6 Å². The Morgan fingerprint density at radius 3 is 2.88 bits per heavy atom. The van der Waals surface area contributed by atoms with Gasteiger partial charge >= 0.3 is 0 Å². The maximum atomic E-state index is 11.7. The van der Waals surface area contributed by atoms with Crippen LogP contribution in [-0.4, -0.2) is 30.5 Å². The molecule has 1 rings (SSSR count). The molecule has 0 bridgehead atoms. The number of carbonyl (C=O) groups is 1. The topological polar surface area (TPSA) is 54.0 Å². The summed E-state index contributed by atoms with van der Waals surface area (Å²) in [5.41, 5.74) is 0.544. The summed E-state index contributed by atoms with van der Waals surface area (Å²) in [6.45, 7) is 8.70. The summed E-state index contributed by atoms with van der Waals surface area (Å²) in [4.78, 5) is 16.0. The second-order valence-electron chi connectivity index (χ2n) is 4.33. The summed E-state index contributed by atoms with van der Waals surface area (Å²) in [5.74, 6) is 0.500. The van der Waals surface area contributed by atoms with Crippen molar-refractivity contribution in [3.63, 3.8) is 0 Å². The molecule has 2 N–H and O–H groups in total. The molecule has 0 aliphatic heterocycles. The molecule has 0 spiro atoms. The molecule has 0 saturated heterocycles. The number of nitrogens with one attached hydrogen (secondary N) is 2. The summed E-state index contributed by atoms with van der Waals surface area (Å²) >= 11 is 1.56. The highest BCUT2D eigenvalue weighted by Gasteiger charge is 2.10. The molecule has 0 aromatic carbocycles. The largest absolute Gasteiger partial charge is 0.349 e. The molecular formula is C12H21N3OS. The number of hydrogen-bond donors (Lipinski definition) is 2. The highest BCUT2D eigenvalue weighted by atomic mass is 32.1. The van der Waals surface area contributed by atoms with Crippen LogP contribution in [0, 0.1) is 5.92 Å². The second kappa shape index (κ2) is 7.40. The van der Waals surface area contributed by atoms with E-state index in [1.54, 1.807) is 11.3 Å². The lowest BCUT2D eigenvalue weighted by atomic mass is 10.1. The summed E-state index contributed by atoms with van der Waals surface area (Å²) in [7, 11) is 0. The van der Waals surface area contributed by atoms with E-state index in [1.807, 2.05) is 12.3 Å². The maximum Gasteiger partial charge on any atom is 0.270 e. The molecule has 1 aromatic rings. The van der Waals surface area contributed by atoms with Crippen molar-refractivity contribution in [1.82, 2.24) is 15.6 Å². The fraction of sp³-hybridized carbons (Fsp3) is 0.667. The zero-order valence-corrected chi connectivity index (χ0v) is 11.6. The maximum absolute atomic E-state index is 11.7. The third-order valence-corrected chi connectivity index (χ3v) is 3.08. The number of thiazole rings is 1. The van der Waals surface area contributed by atoms with Gasteiger partial charge in [0.15, 0.2) is 0 Å². The first-order valence-corrected chi connectivity index (χ1v) is 6.94. The van der Waals surface area contributed by atoms with Crippen molar-refractivity contribution < 1.29 is 4.79 Å². The third kappa shape index (κ3) is 5.28. The van der Waals surface area contributed by atoms with E-state index in [1.165, 1.54) is 0 Å². The summed E-state index contributed by atoms with van der Waals surface area (Å²) in [6.07, 6.45) is 0.940. The highest BCUT2D eigenvalue weighted by Crippen LogP contribution is 2.13. The average Bonchev–Trinajstić information content (AvgIpc) is 2.71. The molecule has 5 heteroatoms. The van der Waals surface area contributed by atoms with Gasteiger partial charge in [0.25, 0.3) is 5.91 Å². The molecule has 0 radical (unpaired) electrons. The molecule has 0 aliphatic rings. The monoisotopic (exact) mass is 255 g/mol. The number of rotatable bonds is 7. The first kappa shape index (κ1) is 14.1. The quantitative estimate of drug-likeness (QED) is 0.729. The van der Waals surface area contributed by atoms with Crippen LogP contribution in [0.1, 0.15) is 36.3 Å². The van der Waals surface area contributed by atoms with Crippen LogP contribution in [-0.2, 0) is 6.42 Å². The minimum Gasteiger partial charge on any atom is -0.349 e. The highest BCUT2D eigenvalue weighted by molar-refractivity contribution is 7.09.